The number of aromatic nitrogens is 2. The number of hydrogen-bond acceptors (Lipinski definition) is 5. The van der Waals surface area contributed by atoms with E-state index < -0.39 is 11.4 Å². The van der Waals surface area contributed by atoms with Crippen LogP contribution in [0, 0.1) is 0 Å². The van der Waals surface area contributed by atoms with Crippen LogP contribution in [0.15, 0.2) is 23.6 Å². The summed E-state index contributed by atoms with van der Waals surface area (Å²) < 4.78 is 0. The topological polar surface area (TPSA) is 94.9 Å². The number of primary amides is 1. The molecule has 0 saturated heterocycles. The van der Waals surface area contributed by atoms with Gasteiger partial charge >= 0.3 is 0 Å². The number of nitrogens with zero attached hydrogens (tertiary/aromatic N) is 2. The first-order valence-corrected chi connectivity index (χ1v) is 4.98. The third-order valence-electron chi connectivity index (χ3n) is 1.62. The highest BCUT2D eigenvalue weighted by molar-refractivity contribution is 7.99. The van der Waals surface area contributed by atoms with Crippen molar-refractivity contribution in [2.75, 3.05) is 5.75 Å². The van der Waals surface area contributed by atoms with Gasteiger partial charge in [0, 0.05) is 18.1 Å². The Labute approximate surface area is 86.3 Å². The Morgan fingerprint density at radius 2 is 2.36 bits per heavy atom. The van der Waals surface area contributed by atoms with Gasteiger partial charge in [0.1, 0.15) is 10.6 Å². The van der Waals surface area contributed by atoms with Crippen LogP contribution in [0.2, 0.25) is 0 Å². The average molecular weight is 212 g/mol. The van der Waals surface area contributed by atoms with Crippen molar-refractivity contribution < 1.29 is 4.79 Å². The van der Waals surface area contributed by atoms with E-state index in [1.165, 1.54) is 11.8 Å². The molecule has 0 aliphatic carbocycles. The zero-order chi connectivity index (χ0) is 10.6. The third-order valence-corrected chi connectivity index (χ3v) is 2.87. The maximum absolute atomic E-state index is 10.9. The molecule has 14 heavy (non-hydrogen) atoms. The Bertz CT molecular complexity index is 314. The molecule has 1 amide bonds. The lowest BCUT2D eigenvalue weighted by molar-refractivity contribution is -0.121. The van der Waals surface area contributed by atoms with Crippen molar-refractivity contribution in [1.29, 1.82) is 0 Å². The van der Waals surface area contributed by atoms with E-state index >= 15 is 0 Å². The fourth-order valence-electron chi connectivity index (χ4n) is 0.655. The molecule has 0 bridgehead atoms. The molecule has 0 fully saturated rings. The van der Waals surface area contributed by atoms with Crippen molar-refractivity contribution in [2.24, 2.45) is 11.5 Å². The van der Waals surface area contributed by atoms with Crippen molar-refractivity contribution in [2.45, 2.75) is 17.5 Å². The zero-order valence-corrected chi connectivity index (χ0v) is 8.62. The average Bonchev–Trinajstić information content (AvgIpc) is 2.16. The number of nitrogens with two attached hydrogens (primary N) is 2. The Hall–Kier alpha value is -1.14. The molecule has 1 atom stereocenters. The highest BCUT2D eigenvalue weighted by Gasteiger charge is 2.25. The van der Waals surface area contributed by atoms with Crippen LogP contribution in [0.25, 0.3) is 0 Å². The molecule has 1 heterocycles. The molecule has 0 radical (unpaired) electrons. The van der Waals surface area contributed by atoms with Gasteiger partial charge in [-0.25, -0.2) is 4.98 Å². The van der Waals surface area contributed by atoms with Crippen molar-refractivity contribution in [3.8, 4) is 0 Å². The van der Waals surface area contributed by atoms with E-state index in [0.29, 0.717) is 5.75 Å². The Morgan fingerprint density at radius 3 is 2.86 bits per heavy atom. The lowest BCUT2D eigenvalue weighted by Gasteiger charge is -2.18. The minimum absolute atomic E-state index is 0.390. The number of amides is 1. The largest absolute Gasteiger partial charge is 0.368 e. The lowest BCUT2D eigenvalue weighted by atomic mass is 10.1. The molecule has 1 unspecified atom stereocenters. The summed E-state index contributed by atoms with van der Waals surface area (Å²) in [6, 6.07) is 0. The van der Waals surface area contributed by atoms with E-state index in [1.807, 2.05) is 0 Å². The number of hydrogen-bond donors (Lipinski definition) is 2. The number of carbonyl (C=O) groups excluding carboxylic acids is 1. The van der Waals surface area contributed by atoms with Gasteiger partial charge in [-0.05, 0) is 6.92 Å². The zero-order valence-electron chi connectivity index (χ0n) is 7.80. The summed E-state index contributed by atoms with van der Waals surface area (Å²) in [7, 11) is 0. The molecule has 1 rings (SSSR count). The minimum Gasteiger partial charge on any atom is -0.368 e. The van der Waals surface area contributed by atoms with Crippen LogP contribution in [0.1, 0.15) is 6.92 Å². The van der Waals surface area contributed by atoms with Crippen molar-refractivity contribution >= 4 is 17.7 Å². The lowest BCUT2D eigenvalue weighted by Crippen LogP contribution is -2.51. The molecule has 1 aromatic rings. The first kappa shape index (κ1) is 10.9. The Morgan fingerprint density at radius 1 is 1.64 bits per heavy atom. The van der Waals surface area contributed by atoms with Gasteiger partial charge in [-0.2, -0.15) is 0 Å². The number of rotatable bonds is 4. The standard InChI is InChI=1S/C8H12N4OS/c1-8(10,7(9)13)5-14-6-4-11-2-3-12-6/h2-4H,5,10H2,1H3,(H2,9,13). The molecule has 0 aliphatic rings. The van der Waals surface area contributed by atoms with Gasteiger partial charge in [0.2, 0.25) is 5.91 Å². The maximum Gasteiger partial charge on any atom is 0.238 e. The fraction of sp³-hybridized carbons (Fsp3) is 0.375. The minimum atomic E-state index is -1.01. The molecule has 6 heteroatoms. The van der Waals surface area contributed by atoms with Crippen LogP contribution in [0.3, 0.4) is 0 Å². The molecule has 0 aliphatic heterocycles. The van der Waals surface area contributed by atoms with Gasteiger partial charge in [-0.3, -0.25) is 9.78 Å². The Kier molecular flexibility index (Phi) is 3.43. The molecule has 1 aromatic heterocycles. The molecule has 0 aromatic carbocycles. The van der Waals surface area contributed by atoms with Gasteiger partial charge < -0.3 is 11.5 Å². The summed E-state index contributed by atoms with van der Waals surface area (Å²) in [5.74, 6) is -0.130. The van der Waals surface area contributed by atoms with E-state index in [2.05, 4.69) is 9.97 Å². The van der Waals surface area contributed by atoms with Crippen LogP contribution in [-0.2, 0) is 4.79 Å². The predicted octanol–water partition coefficient (Wildman–Crippen LogP) is -0.229. The molecule has 0 spiro atoms. The van der Waals surface area contributed by atoms with Crippen LogP contribution in [0.4, 0.5) is 0 Å². The van der Waals surface area contributed by atoms with Crippen LogP contribution in [0.5, 0.6) is 0 Å². The van der Waals surface area contributed by atoms with E-state index in [-0.39, 0.29) is 0 Å². The fourth-order valence-corrected chi connectivity index (χ4v) is 1.52. The molecule has 0 saturated carbocycles. The second-order valence-electron chi connectivity index (χ2n) is 3.11. The van der Waals surface area contributed by atoms with Gasteiger partial charge in [-0.15, -0.1) is 11.8 Å². The van der Waals surface area contributed by atoms with E-state index in [0.717, 1.165) is 5.03 Å². The van der Waals surface area contributed by atoms with Crippen molar-refractivity contribution in [1.82, 2.24) is 9.97 Å². The second kappa shape index (κ2) is 4.39. The third kappa shape index (κ3) is 2.97. The van der Waals surface area contributed by atoms with Crippen LogP contribution < -0.4 is 11.5 Å². The first-order valence-electron chi connectivity index (χ1n) is 4.00. The molecule has 4 N–H and O–H groups in total. The summed E-state index contributed by atoms with van der Waals surface area (Å²) in [6.45, 7) is 1.60. The summed E-state index contributed by atoms with van der Waals surface area (Å²) in [6.07, 6.45) is 4.78. The highest BCUT2D eigenvalue weighted by Crippen LogP contribution is 2.17. The second-order valence-corrected chi connectivity index (χ2v) is 4.11. The van der Waals surface area contributed by atoms with Crippen molar-refractivity contribution in [3.05, 3.63) is 18.6 Å². The Balaban J connectivity index is 2.53. The molecule has 5 nitrogen and oxygen atoms in total. The normalized spacial score (nSPS) is 14.7. The van der Waals surface area contributed by atoms with E-state index in [4.69, 9.17) is 11.5 Å². The van der Waals surface area contributed by atoms with Crippen LogP contribution >= 0.6 is 11.8 Å². The van der Waals surface area contributed by atoms with Gasteiger partial charge in [0.25, 0.3) is 0 Å². The van der Waals surface area contributed by atoms with E-state index in [1.54, 1.807) is 25.5 Å². The number of thioether (sulfide) groups is 1. The van der Waals surface area contributed by atoms with Gasteiger partial charge in [-0.1, -0.05) is 0 Å². The van der Waals surface area contributed by atoms with Crippen LogP contribution in [-0.4, -0.2) is 27.2 Å². The summed E-state index contributed by atoms with van der Waals surface area (Å²) in [5, 5.41) is 0.727. The molecule has 76 valence electrons. The number of carbonyl (C=O) groups is 1. The molecular weight excluding hydrogens is 200 g/mol. The van der Waals surface area contributed by atoms with Crippen molar-refractivity contribution in [3.63, 3.8) is 0 Å². The smallest absolute Gasteiger partial charge is 0.238 e. The monoisotopic (exact) mass is 212 g/mol. The highest BCUT2D eigenvalue weighted by atomic mass is 32.2. The molecular formula is C8H12N4OS. The first-order chi connectivity index (χ1) is 6.52. The van der Waals surface area contributed by atoms with Gasteiger partial charge in [0.05, 0.1) is 6.20 Å². The maximum atomic E-state index is 10.9. The SMILES string of the molecule is CC(N)(CSc1cnccn1)C(N)=O. The summed E-state index contributed by atoms with van der Waals surface area (Å²) in [5.41, 5.74) is 9.77. The summed E-state index contributed by atoms with van der Waals surface area (Å²) in [4.78, 5) is 18.8. The van der Waals surface area contributed by atoms with E-state index in [9.17, 15) is 4.79 Å². The quantitative estimate of drug-likeness (QED) is 0.672. The van der Waals surface area contributed by atoms with Gasteiger partial charge in [0.15, 0.2) is 0 Å². The summed E-state index contributed by atoms with van der Waals surface area (Å²) >= 11 is 1.36. The predicted molar refractivity (Wildman–Crippen MR) is 54.5 cm³/mol.